The van der Waals surface area contributed by atoms with E-state index in [1.807, 2.05) is 34.6 Å². The molecule has 1 amide bonds. The predicted octanol–water partition coefficient (Wildman–Crippen LogP) is 2.82. The smallest absolute Gasteiger partial charge is 0.407 e. The molecule has 1 rings (SSSR count). The molecule has 1 aliphatic rings. The summed E-state index contributed by atoms with van der Waals surface area (Å²) in [4.78, 5) is 11.8. The van der Waals surface area contributed by atoms with Crippen LogP contribution >= 0.6 is 0 Å². The number of amides is 1. The largest absolute Gasteiger partial charge is 0.444 e. The molecule has 3 N–H and O–H groups in total. The van der Waals surface area contributed by atoms with Crippen LogP contribution in [-0.4, -0.2) is 41.5 Å². The monoisotopic (exact) mass is 314 g/mol. The summed E-state index contributed by atoms with van der Waals surface area (Å²) in [6, 6.07) is 0.349. The Morgan fingerprint density at radius 3 is 2.45 bits per heavy atom. The lowest BCUT2D eigenvalue weighted by molar-refractivity contribution is 0.0442. The molecule has 0 saturated heterocycles. The lowest BCUT2D eigenvalue weighted by Gasteiger charge is -2.35. The molecule has 0 spiro atoms. The van der Waals surface area contributed by atoms with Crippen LogP contribution < -0.4 is 10.6 Å². The van der Waals surface area contributed by atoms with E-state index in [2.05, 4.69) is 10.6 Å². The second kappa shape index (κ2) is 8.16. The maximum Gasteiger partial charge on any atom is 0.407 e. The maximum absolute atomic E-state index is 11.8. The fraction of sp³-hybridized carbons (Fsp3) is 0.941. The van der Waals surface area contributed by atoms with Crippen molar-refractivity contribution >= 4 is 6.09 Å². The van der Waals surface area contributed by atoms with Crippen LogP contribution in [-0.2, 0) is 4.74 Å². The number of hydrogen-bond donors (Lipinski definition) is 3. The summed E-state index contributed by atoms with van der Waals surface area (Å²) in [7, 11) is 0. The zero-order chi connectivity index (χ0) is 16.8. The molecule has 0 radical (unpaired) electrons. The van der Waals surface area contributed by atoms with Crippen molar-refractivity contribution in [3.8, 4) is 0 Å². The van der Waals surface area contributed by atoms with E-state index in [-0.39, 0.29) is 6.09 Å². The highest BCUT2D eigenvalue weighted by Gasteiger charge is 2.28. The van der Waals surface area contributed by atoms with E-state index in [1.54, 1.807) is 0 Å². The molecule has 1 aliphatic carbocycles. The Morgan fingerprint density at radius 2 is 1.86 bits per heavy atom. The van der Waals surface area contributed by atoms with Crippen LogP contribution in [0.2, 0.25) is 0 Å². The highest BCUT2D eigenvalue weighted by atomic mass is 16.6. The van der Waals surface area contributed by atoms with Crippen molar-refractivity contribution < 1.29 is 14.6 Å². The van der Waals surface area contributed by atoms with Gasteiger partial charge in [0.25, 0.3) is 0 Å². The normalized spacial score (nSPS) is 25.4. The Hall–Kier alpha value is -0.810. The summed E-state index contributed by atoms with van der Waals surface area (Å²) in [5.41, 5.74) is -1.13. The summed E-state index contributed by atoms with van der Waals surface area (Å²) >= 11 is 0. The highest BCUT2D eigenvalue weighted by Crippen LogP contribution is 2.24. The van der Waals surface area contributed by atoms with E-state index < -0.39 is 11.2 Å². The third kappa shape index (κ3) is 7.45. The van der Waals surface area contributed by atoms with Gasteiger partial charge in [-0.1, -0.05) is 19.8 Å². The third-order valence-electron chi connectivity index (χ3n) is 4.32. The summed E-state index contributed by atoms with van der Waals surface area (Å²) in [6.45, 7) is 10.7. The SMILES string of the molecule is CCC(C)(O)CNC1CCCCC1CNC(=O)OC(C)(C)C. The van der Waals surface area contributed by atoms with Crippen LogP contribution in [0.1, 0.15) is 66.7 Å². The molecule has 130 valence electrons. The van der Waals surface area contributed by atoms with Gasteiger partial charge in [0.2, 0.25) is 0 Å². The van der Waals surface area contributed by atoms with E-state index in [0.717, 1.165) is 19.3 Å². The van der Waals surface area contributed by atoms with Crippen LogP contribution in [0, 0.1) is 5.92 Å². The number of carbonyl (C=O) groups excluding carboxylic acids is 1. The molecule has 3 atom stereocenters. The fourth-order valence-corrected chi connectivity index (χ4v) is 2.73. The molecule has 5 nitrogen and oxygen atoms in total. The molecule has 5 heteroatoms. The molecule has 1 fully saturated rings. The van der Waals surface area contributed by atoms with Crippen molar-refractivity contribution in [2.75, 3.05) is 13.1 Å². The second-order valence-corrected chi connectivity index (χ2v) is 7.77. The van der Waals surface area contributed by atoms with Gasteiger partial charge in [-0.05, 0) is 52.9 Å². The van der Waals surface area contributed by atoms with Crippen LogP contribution in [0.5, 0.6) is 0 Å². The lowest BCUT2D eigenvalue weighted by Crippen LogP contribution is -2.49. The first-order valence-corrected chi connectivity index (χ1v) is 8.55. The average Bonchev–Trinajstić information content (AvgIpc) is 2.42. The molecular weight excluding hydrogens is 280 g/mol. The number of alkyl carbamates (subject to hydrolysis) is 1. The molecule has 0 heterocycles. The van der Waals surface area contributed by atoms with Crippen LogP contribution in [0.4, 0.5) is 4.79 Å². The first kappa shape index (κ1) is 19.2. The molecule has 0 aromatic heterocycles. The third-order valence-corrected chi connectivity index (χ3v) is 4.32. The molecule has 3 unspecified atom stereocenters. The van der Waals surface area contributed by atoms with Gasteiger partial charge in [0.15, 0.2) is 0 Å². The van der Waals surface area contributed by atoms with E-state index in [4.69, 9.17) is 4.74 Å². The van der Waals surface area contributed by atoms with Crippen LogP contribution in [0.15, 0.2) is 0 Å². The molecule has 0 aromatic carbocycles. The number of hydrogen-bond acceptors (Lipinski definition) is 4. The van der Waals surface area contributed by atoms with Gasteiger partial charge in [0.1, 0.15) is 5.60 Å². The number of ether oxygens (including phenoxy) is 1. The Balaban J connectivity index is 2.43. The minimum Gasteiger partial charge on any atom is -0.444 e. The Kier molecular flexibility index (Phi) is 7.13. The minimum atomic E-state index is -0.666. The standard InChI is InChI=1S/C17H34N2O3/c1-6-17(5,21)12-19-14-10-8-7-9-13(14)11-18-15(20)22-16(2,3)4/h13-14,19,21H,6-12H2,1-5H3,(H,18,20). The minimum absolute atomic E-state index is 0.349. The average molecular weight is 314 g/mol. The van der Waals surface area contributed by atoms with Gasteiger partial charge >= 0.3 is 6.09 Å². The van der Waals surface area contributed by atoms with Gasteiger partial charge in [-0.15, -0.1) is 0 Å². The van der Waals surface area contributed by atoms with Gasteiger partial charge < -0.3 is 20.5 Å². The first-order valence-electron chi connectivity index (χ1n) is 8.55. The van der Waals surface area contributed by atoms with E-state index in [1.165, 1.54) is 12.8 Å². The van der Waals surface area contributed by atoms with Crippen molar-refractivity contribution in [3.63, 3.8) is 0 Å². The summed E-state index contributed by atoms with van der Waals surface area (Å²) in [5, 5.41) is 16.5. The van der Waals surface area contributed by atoms with Gasteiger partial charge in [-0.2, -0.15) is 0 Å². The molecule has 1 saturated carbocycles. The Bertz CT molecular complexity index is 350. The molecular formula is C17H34N2O3. The Morgan fingerprint density at radius 1 is 1.23 bits per heavy atom. The Labute approximate surface area is 135 Å². The molecule has 0 aliphatic heterocycles. The van der Waals surface area contributed by atoms with Crippen molar-refractivity contribution in [1.82, 2.24) is 10.6 Å². The van der Waals surface area contributed by atoms with E-state index >= 15 is 0 Å². The highest BCUT2D eigenvalue weighted by molar-refractivity contribution is 5.67. The van der Waals surface area contributed by atoms with E-state index in [9.17, 15) is 9.90 Å². The molecule has 22 heavy (non-hydrogen) atoms. The topological polar surface area (TPSA) is 70.6 Å². The van der Waals surface area contributed by atoms with Crippen LogP contribution in [0.25, 0.3) is 0 Å². The number of aliphatic hydroxyl groups is 1. The summed E-state index contributed by atoms with van der Waals surface area (Å²) in [6.07, 6.45) is 4.98. The lowest BCUT2D eigenvalue weighted by atomic mass is 9.84. The van der Waals surface area contributed by atoms with Crippen molar-refractivity contribution in [3.05, 3.63) is 0 Å². The quantitative estimate of drug-likeness (QED) is 0.705. The second-order valence-electron chi connectivity index (χ2n) is 7.77. The van der Waals surface area contributed by atoms with Gasteiger partial charge in [0.05, 0.1) is 5.60 Å². The number of carbonyl (C=O) groups is 1. The number of nitrogens with one attached hydrogen (secondary N) is 2. The van der Waals surface area contributed by atoms with Crippen LogP contribution in [0.3, 0.4) is 0 Å². The van der Waals surface area contributed by atoms with E-state index in [0.29, 0.717) is 25.0 Å². The molecule has 0 aromatic rings. The van der Waals surface area contributed by atoms with Gasteiger partial charge in [-0.3, -0.25) is 0 Å². The molecule has 0 bridgehead atoms. The van der Waals surface area contributed by atoms with Gasteiger partial charge in [-0.25, -0.2) is 4.79 Å². The van der Waals surface area contributed by atoms with Crippen molar-refractivity contribution in [1.29, 1.82) is 0 Å². The zero-order valence-electron chi connectivity index (χ0n) is 14.9. The first-order chi connectivity index (χ1) is 10.1. The summed E-state index contributed by atoms with van der Waals surface area (Å²) in [5.74, 6) is 0.397. The predicted molar refractivity (Wildman–Crippen MR) is 88.9 cm³/mol. The summed E-state index contributed by atoms with van der Waals surface area (Å²) < 4.78 is 5.29. The number of rotatable bonds is 6. The van der Waals surface area contributed by atoms with Crippen molar-refractivity contribution in [2.45, 2.75) is 84.0 Å². The van der Waals surface area contributed by atoms with Gasteiger partial charge in [0, 0.05) is 19.1 Å². The van der Waals surface area contributed by atoms with Crippen molar-refractivity contribution in [2.24, 2.45) is 5.92 Å². The zero-order valence-corrected chi connectivity index (χ0v) is 14.9. The fourth-order valence-electron chi connectivity index (χ4n) is 2.73. The maximum atomic E-state index is 11.8.